The number of amides is 2. The standard InChI is InChI=1S/C25H27N3O3/c1-27(16-20-7-4-6-19-14-26-12-11-23(19)20)25(30)21-9-10-24(29)28(17-21)15-18-5-3-8-22(13-18)31-2/h3-8,11-14,21H,9-10,15-17H2,1-2H3/t21-/m0/s1. The molecule has 2 amide bonds. The number of methoxy groups -OCH3 is 1. The van der Waals surface area contributed by atoms with E-state index in [-0.39, 0.29) is 17.7 Å². The second-order valence-corrected chi connectivity index (χ2v) is 8.07. The molecule has 3 aromatic rings. The number of rotatable bonds is 6. The van der Waals surface area contributed by atoms with E-state index >= 15 is 0 Å². The van der Waals surface area contributed by atoms with Crippen LogP contribution in [0.25, 0.3) is 10.8 Å². The predicted octanol–water partition coefficient (Wildman–Crippen LogP) is 3.64. The highest BCUT2D eigenvalue weighted by atomic mass is 16.5. The molecule has 1 fully saturated rings. The van der Waals surface area contributed by atoms with Crippen LogP contribution in [0.1, 0.15) is 24.0 Å². The lowest BCUT2D eigenvalue weighted by atomic mass is 9.95. The van der Waals surface area contributed by atoms with Gasteiger partial charge in [-0.15, -0.1) is 0 Å². The fourth-order valence-electron chi connectivity index (χ4n) is 4.23. The molecule has 2 aromatic carbocycles. The Labute approximate surface area is 182 Å². The van der Waals surface area contributed by atoms with E-state index in [1.807, 2.05) is 61.8 Å². The molecule has 1 aromatic heterocycles. The molecular weight excluding hydrogens is 390 g/mol. The molecule has 0 spiro atoms. The van der Waals surface area contributed by atoms with Gasteiger partial charge in [-0.25, -0.2) is 0 Å². The molecular formula is C25H27N3O3. The largest absolute Gasteiger partial charge is 0.497 e. The van der Waals surface area contributed by atoms with Crippen LogP contribution in [0.4, 0.5) is 0 Å². The van der Waals surface area contributed by atoms with Crippen molar-refractivity contribution in [2.75, 3.05) is 20.7 Å². The van der Waals surface area contributed by atoms with Gasteiger partial charge < -0.3 is 14.5 Å². The van der Waals surface area contributed by atoms with Gasteiger partial charge in [0, 0.05) is 50.9 Å². The zero-order valence-electron chi connectivity index (χ0n) is 18.0. The van der Waals surface area contributed by atoms with Crippen LogP contribution in [-0.2, 0) is 22.7 Å². The molecule has 0 radical (unpaired) electrons. The summed E-state index contributed by atoms with van der Waals surface area (Å²) in [5.74, 6) is 0.745. The Morgan fingerprint density at radius 1 is 1.23 bits per heavy atom. The molecule has 1 aliphatic heterocycles. The molecule has 6 heteroatoms. The van der Waals surface area contributed by atoms with Gasteiger partial charge in [-0.05, 0) is 41.1 Å². The van der Waals surface area contributed by atoms with E-state index < -0.39 is 0 Å². The highest BCUT2D eigenvalue weighted by Crippen LogP contribution is 2.24. The summed E-state index contributed by atoms with van der Waals surface area (Å²) in [6.07, 6.45) is 4.60. The van der Waals surface area contributed by atoms with E-state index in [0.717, 1.165) is 27.6 Å². The summed E-state index contributed by atoms with van der Waals surface area (Å²) in [4.78, 5) is 33.4. The fourth-order valence-corrected chi connectivity index (χ4v) is 4.23. The molecule has 1 saturated heterocycles. The van der Waals surface area contributed by atoms with Crippen molar-refractivity contribution in [1.82, 2.24) is 14.8 Å². The van der Waals surface area contributed by atoms with Gasteiger partial charge >= 0.3 is 0 Å². The average molecular weight is 418 g/mol. The smallest absolute Gasteiger partial charge is 0.227 e. The Balaban J connectivity index is 1.44. The van der Waals surface area contributed by atoms with Crippen LogP contribution in [0.15, 0.2) is 60.9 Å². The average Bonchev–Trinajstić information content (AvgIpc) is 2.80. The van der Waals surface area contributed by atoms with E-state index in [1.165, 1.54) is 0 Å². The molecule has 1 atom stereocenters. The quantitative estimate of drug-likeness (QED) is 0.614. The third-order valence-corrected chi connectivity index (χ3v) is 5.91. The second kappa shape index (κ2) is 9.16. The monoisotopic (exact) mass is 417 g/mol. The number of hydrogen-bond donors (Lipinski definition) is 0. The van der Waals surface area contributed by atoms with Crippen LogP contribution >= 0.6 is 0 Å². The van der Waals surface area contributed by atoms with E-state index in [1.54, 1.807) is 23.1 Å². The van der Waals surface area contributed by atoms with Crippen LogP contribution in [0, 0.1) is 5.92 Å². The summed E-state index contributed by atoms with van der Waals surface area (Å²) in [6.45, 7) is 1.46. The molecule has 1 aliphatic rings. The normalized spacial score (nSPS) is 16.4. The van der Waals surface area contributed by atoms with Gasteiger partial charge in [-0.2, -0.15) is 0 Å². The van der Waals surface area contributed by atoms with Crippen LogP contribution < -0.4 is 4.74 Å². The van der Waals surface area contributed by atoms with Crippen molar-refractivity contribution in [3.05, 3.63) is 72.1 Å². The number of likely N-dealkylation sites (tertiary alicyclic amines) is 1. The third kappa shape index (κ3) is 4.68. The summed E-state index contributed by atoms with van der Waals surface area (Å²) >= 11 is 0. The maximum absolute atomic E-state index is 13.2. The van der Waals surface area contributed by atoms with Crippen LogP contribution in [0.5, 0.6) is 5.75 Å². The first-order chi connectivity index (χ1) is 15.0. The number of pyridine rings is 1. The highest BCUT2D eigenvalue weighted by molar-refractivity contribution is 5.86. The number of fused-ring (bicyclic) bond motifs is 1. The summed E-state index contributed by atoms with van der Waals surface area (Å²) in [5.41, 5.74) is 2.09. The molecule has 0 unspecified atom stereocenters. The minimum atomic E-state index is -0.190. The van der Waals surface area contributed by atoms with E-state index in [0.29, 0.717) is 32.5 Å². The lowest BCUT2D eigenvalue weighted by Crippen LogP contribution is -2.45. The van der Waals surface area contributed by atoms with Gasteiger partial charge in [0.15, 0.2) is 0 Å². The molecule has 2 heterocycles. The summed E-state index contributed by atoms with van der Waals surface area (Å²) < 4.78 is 5.28. The van der Waals surface area contributed by atoms with Crippen molar-refractivity contribution in [3.8, 4) is 5.75 Å². The Morgan fingerprint density at radius 2 is 2.06 bits per heavy atom. The SMILES string of the molecule is COc1cccc(CN2C[C@@H](C(=O)N(C)Cc3cccc4cnccc34)CCC2=O)c1. The van der Waals surface area contributed by atoms with Gasteiger partial charge in [0.1, 0.15) is 5.75 Å². The molecule has 0 N–H and O–H groups in total. The third-order valence-electron chi connectivity index (χ3n) is 5.91. The second-order valence-electron chi connectivity index (χ2n) is 8.07. The molecule has 0 saturated carbocycles. The first-order valence-electron chi connectivity index (χ1n) is 10.5. The number of nitrogens with zero attached hydrogens (tertiary/aromatic N) is 3. The highest BCUT2D eigenvalue weighted by Gasteiger charge is 2.32. The molecule has 6 nitrogen and oxygen atoms in total. The number of benzene rings is 2. The van der Waals surface area contributed by atoms with Crippen LogP contribution in [0.3, 0.4) is 0 Å². The van der Waals surface area contributed by atoms with Crippen molar-refractivity contribution in [3.63, 3.8) is 0 Å². The zero-order valence-corrected chi connectivity index (χ0v) is 18.0. The molecule has 4 rings (SSSR count). The summed E-state index contributed by atoms with van der Waals surface area (Å²) in [6, 6.07) is 15.8. The summed E-state index contributed by atoms with van der Waals surface area (Å²) in [5, 5.41) is 2.17. The lowest BCUT2D eigenvalue weighted by molar-refractivity contribution is -0.143. The molecule has 0 aliphatic carbocycles. The maximum Gasteiger partial charge on any atom is 0.227 e. The van der Waals surface area contributed by atoms with Crippen LogP contribution in [-0.4, -0.2) is 47.3 Å². The first-order valence-corrected chi connectivity index (χ1v) is 10.5. The van der Waals surface area contributed by atoms with E-state index in [9.17, 15) is 9.59 Å². The number of aromatic nitrogens is 1. The Bertz CT molecular complexity index is 1090. The summed E-state index contributed by atoms with van der Waals surface area (Å²) in [7, 11) is 3.47. The van der Waals surface area contributed by atoms with Crippen LogP contribution in [0.2, 0.25) is 0 Å². The van der Waals surface area contributed by atoms with Crippen molar-refractivity contribution in [1.29, 1.82) is 0 Å². The van der Waals surface area contributed by atoms with Crippen molar-refractivity contribution < 1.29 is 14.3 Å². The van der Waals surface area contributed by atoms with Crippen molar-refractivity contribution in [2.45, 2.75) is 25.9 Å². The number of carbonyl (C=O) groups excluding carboxylic acids is 2. The Morgan fingerprint density at radius 3 is 2.90 bits per heavy atom. The topological polar surface area (TPSA) is 62.7 Å². The zero-order chi connectivity index (χ0) is 21.8. The number of ether oxygens (including phenoxy) is 1. The van der Waals surface area contributed by atoms with E-state index in [4.69, 9.17) is 4.74 Å². The minimum absolute atomic E-state index is 0.0780. The van der Waals surface area contributed by atoms with Crippen molar-refractivity contribution >= 4 is 22.6 Å². The lowest BCUT2D eigenvalue weighted by Gasteiger charge is -2.34. The first kappa shape index (κ1) is 20.8. The molecule has 160 valence electrons. The number of hydrogen-bond acceptors (Lipinski definition) is 4. The van der Waals surface area contributed by atoms with E-state index in [2.05, 4.69) is 4.98 Å². The van der Waals surface area contributed by atoms with Gasteiger partial charge in [-0.1, -0.05) is 30.3 Å². The Hall–Kier alpha value is -3.41. The number of carbonyl (C=O) groups is 2. The fraction of sp³-hybridized carbons (Fsp3) is 0.320. The van der Waals surface area contributed by atoms with Gasteiger partial charge in [0.2, 0.25) is 11.8 Å². The maximum atomic E-state index is 13.2. The van der Waals surface area contributed by atoms with Crippen molar-refractivity contribution in [2.24, 2.45) is 5.92 Å². The minimum Gasteiger partial charge on any atom is -0.497 e. The molecule has 31 heavy (non-hydrogen) atoms. The molecule has 0 bridgehead atoms. The number of piperidine rings is 1. The van der Waals surface area contributed by atoms with Gasteiger partial charge in [0.05, 0.1) is 13.0 Å². The predicted molar refractivity (Wildman–Crippen MR) is 119 cm³/mol. The van der Waals surface area contributed by atoms with Gasteiger partial charge in [0.25, 0.3) is 0 Å². The Kier molecular flexibility index (Phi) is 6.16. The van der Waals surface area contributed by atoms with Gasteiger partial charge in [-0.3, -0.25) is 14.6 Å².